The summed E-state index contributed by atoms with van der Waals surface area (Å²) in [6.45, 7) is -0.0253. The number of hydrogen-bond donors (Lipinski definition) is 0. The molecule has 0 atom stereocenters. The molecule has 0 saturated carbocycles. The number of sulfonamides is 1. The molecule has 1 aromatic carbocycles. The maximum atomic E-state index is 12.5. The van der Waals surface area contributed by atoms with E-state index in [1.54, 1.807) is 36.7 Å². The summed E-state index contributed by atoms with van der Waals surface area (Å²) in [5.74, 6) is -0.692. The number of rotatable bonds is 6. The molecular weight excluding hydrogens is 440 g/mol. The molecule has 0 saturated heterocycles. The summed E-state index contributed by atoms with van der Waals surface area (Å²) in [5, 5.41) is 2.00. The smallest absolute Gasteiger partial charge is 0.358 e. The first-order valence-corrected chi connectivity index (χ1v) is 12.1. The Kier molecular flexibility index (Phi) is 5.79. The third-order valence-corrected chi connectivity index (χ3v) is 6.70. The Morgan fingerprint density at radius 1 is 1.23 bits per heavy atom. The lowest BCUT2D eigenvalue weighted by Gasteiger charge is -2.29. The second-order valence-corrected chi connectivity index (χ2v) is 9.66. The number of benzene rings is 1. The van der Waals surface area contributed by atoms with Crippen LogP contribution in [0.1, 0.15) is 32.8 Å². The van der Waals surface area contributed by atoms with Gasteiger partial charge in [-0.05, 0) is 42.7 Å². The highest BCUT2D eigenvalue weighted by Crippen LogP contribution is 2.30. The minimum absolute atomic E-state index is 0.0782. The molecule has 2 aromatic heterocycles. The SMILES string of the molecule is CS(=O)(=O)N1CCCc2cc(C(=O)COC(=O)c3csc(-c4ncccn4)n3)ccc21. The van der Waals surface area contributed by atoms with Gasteiger partial charge >= 0.3 is 5.97 Å². The van der Waals surface area contributed by atoms with Crippen LogP contribution in [0.5, 0.6) is 0 Å². The monoisotopic (exact) mass is 458 g/mol. The number of anilines is 1. The first-order chi connectivity index (χ1) is 14.8. The lowest BCUT2D eigenvalue weighted by Crippen LogP contribution is -2.34. The molecule has 0 bridgehead atoms. The van der Waals surface area contributed by atoms with Crippen LogP contribution in [-0.2, 0) is 21.2 Å². The highest BCUT2D eigenvalue weighted by atomic mass is 32.2. The van der Waals surface area contributed by atoms with Crippen LogP contribution in [0.25, 0.3) is 10.8 Å². The number of aromatic nitrogens is 3. The molecule has 11 heteroatoms. The van der Waals surface area contributed by atoms with E-state index in [2.05, 4.69) is 15.0 Å². The van der Waals surface area contributed by atoms with Crippen LogP contribution >= 0.6 is 11.3 Å². The quantitative estimate of drug-likeness (QED) is 0.408. The van der Waals surface area contributed by atoms with E-state index >= 15 is 0 Å². The van der Waals surface area contributed by atoms with Crippen LogP contribution in [0.3, 0.4) is 0 Å². The molecule has 0 aliphatic carbocycles. The molecule has 160 valence electrons. The van der Waals surface area contributed by atoms with Gasteiger partial charge in [0.15, 0.2) is 28.9 Å². The van der Waals surface area contributed by atoms with Crippen LogP contribution in [0.2, 0.25) is 0 Å². The van der Waals surface area contributed by atoms with Crippen molar-refractivity contribution in [3.63, 3.8) is 0 Å². The van der Waals surface area contributed by atoms with Gasteiger partial charge in [0.25, 0.3) is 0 Å². The lowest BCUT2D eigenvalue weighted by molar-refractivity contribution is 0.0470. The number of thiazole rings is 1. The van der Waals surface area contributed by atoms with Crippen LogP contribution < -0.4 is 4.31 Å². The molecule has 4 rings (SSSR count). The van der Waals surface area contributed by atoms with Gasteiger partial charge in [-0.3, -0.25) is 9.10 Å². The molecule has 1 aliphatic rings. The van der Waals surface area contributed by atoms with Crippen molar-refractivity contribution in [2.45, 2.75) is 12.8 Å². The zero-order valence-electron chi connectivity index (χ0n) is 16.5. The number of hydrogen-bond acceptors (Lipinski definition) is 9. The summed E-state index contributed by atoms with van der Waals surface area (Å²) >= 11 is 1.20. The lowest BCUT2D eigenvalue weighted by atomic mass is 9.99. The Morgan fingerprint density at radius 3 is 2.74 bits per heavy atom. The zero-order valence-corrected chi connectivity index (χ0v) is 18.1. The van der Waals surface area contributed by atoms with E-state index in [1.807, 2.05) is 0 Å². The number of aryl methyl sites for hydroxylation is 1. The summed E-state index contributed by atoms with van der Waals surface area (Å²) in [5.41, 5.74) is 1.80. The molecule has 0 fully saturated rings. The van der Waals surface area contributed by atoms with Gasteiger partial charge in [0, 0.05) is 29.9 Å². The van der Waals surface area contributed by atoms with E-state index in [0.717, 1.165) is 11.8 Å². The molecule has 1 aliphatic heterocycles. The Bertz CT molecular complexity index is 1240. The van der Waals surface area contributed by atoms with Crippen molar-refractivity contribution in [3.05, 3.63) is 58.9 Å². The van der Waals surface area contributed by atoms with Crippen LogP contribution in [-0.4, -0.2) is 54.5 Å². The van der Waals surface area contributed by atoms with Crippen LogP contribution in [0, 0.1) is 0 Å². The second kappa shape index (κ2) is 8.52. The predicted octanol–water partition coefficient (Wildman–Crippen LogP) is 2.35. The van der Waals surface area contributed by atoms with E-state index in [-0.39, 0.29) is 11.5 Å². The predicted molar refractivity (Wildman–Crippen MR) is 115 cm³/mol. The Morgan fingerprint density at radius 2 is 2.00 bits per heavy atom. The van der Waals surface area contributed by atoms with Crippen molar-refractivity contribution < 1.29 is 22.7 Å². The van der Waals surface area contributed by atoms with Crippen molar-refractivity contribution in [1.29, 1.82) is 0 Å². The maximum Gasteiger partial charge on any atom is 0.358 e. The second-order valence-electron chi connectivity index (χ2n) is 6.89. The standard InChI is InChI=1S/C20H18N4O5S2/c1-31(27,28)24-9-2-4-13-10-14(5-6-16(13)24)17(25)11-29-20(26)15-12-30-19(23-15)18-21-7-3-8-22-18/h3,5-8,10,12H,2,4,9,11H2,1H3. The topological polar surface area (TPSA) is 119 Å². The van der Waals surface area contributed by atoms with Gasteiger partial charge in [0.05, 0.1) is 11.9 Å². The van der Waals surface area contributed by atoms with Crippen molar-refractivity contribution in [1.82, 2.24) is 15.0 Å². The minimum Gasteiger partial charge on any atom is -0.453 e. The zero-order chi connectivity index (χ0) is 22.0. The third-order valence-electron chi connectivity index (χ3n) is 4.68. The average molecular weight is 459 g/mol. The van der Waals surface area contributed by atoms with Gasteiger partial charge in [-0.1, -0.05) is 0 Å². The van der Waals surface area contributed by atoms with Crippen molar-refractivity contribution in [2.75, 3.05) is 23.7 Å². The Hall–Kier alpha value is -3.18. The molecule has 0 unspecified atom stereocenters. The number of carbonyl (C=O) groups excluding carboxylic acids is 2. The summed E-state index contributed by atoms with van der Waals surface area (Å²) in [6, 6.07) is 6.51. The van der Waals surface area contributed by atoms with Gasteiger partial charge in [0.1, 0.15) is 0 Å². The molecule has 0 amide bonds. The Labute approximate surface area is 182 Å². The van der Waals surface area contributed by atoms with Crippen LogP contribution in [0.15, 0.2) is 42.0 Å². The molecule has 9 nitrogen and oxygen atoms in total. The van der Waals surface area contributed by atoms with Gasteiger partial charge in [-0.15, -0.1) is 11.3 Å². The fraction of sp³-hybridized carbons (Fsp3) is 0.250. The third kappa shape index (κ3) is 4.62. The van der Waals surface area contributed by atoms with Crippen molar-refractivity contribution in [3.8, 4) is 10.8 Å². The molecule has 0 spiro atoms. The normalized spacial score (nSPS) is 13.5. The Balaban J connectivity index is 1.42. The number of ketones is 1. The highest BCUT2D eigenvalue weighted by molar-refractivity contribution is 7.92. The van der Waals surface area contributed by atoms with Crippen molar-refractivity contribution in [2.24, 2.45) is 0 Å². The molecule has 3 heterocycles. The van der Waals surface area contributed by atoms with E-state index in [9.17, 15) is 18.0 Å². The molecule has 0 N–H and O–H groups in total. The van der Waals surface area contributed by atoms with E-state index < -0.39 is 22.6 Å². The van der Waals surface area contributed by atoms with Gasteiger partial charge in [-0.25, -0.2) is 28.2 Å². The summed E-state index contributed by atoms with van der Waals surface area (Å²) in [6.07, 6.45) is 5.66. The van der Waals surface area contributed by atoms with Crippen LogP contribution in [0.4, 0.5) is 5.69 Å². The van der Waals surface area contributed by atoms with Gasteiger partial charge in [-0.2, -0.15) is 0 Å². The maximum absolute atomic E-state index is 12.5. The summed E-state index contributed by atoms with van der Waals surface area (Å²) in [4.78, 5) is 37.1. The fourth-order valence-electron chi connectivity index (χ4n) is 3.25. The fourth-order valence-corrected chi connectivity index (χ4v) is 4.98. The van der Waals surface area contributed by atoms with Gasteiger partial charge in [0.2, 0.25) is 10.0 Å². The number of ether oxygens (including phenoxy) is 1. The largest absolute Gasteiger partial charge is 0.453 e. The first-order valence-electron chi connectivity index (χ1n) is 9.37. The number of esters is 1. The molecule has 0 radical (unpaired) electrons. The van der Waals surface area contributed by atoms with E-state index in [0.29, 0.717) is 41.5 Å². The molecular formula is C20H18N4O5S2. The number of Topliss-reactive ketones (excluding diaryl/α,β-unsaturated/α-hetero) is 1. The average Bonchev–Trinajstić information content (AvgIpc) is 3.27. The van der Waals surface area contributed by atoms with Crippen molar-refractivity contribution >= 4 is 38.8 Å². The molecule has 31 heavy (non-hydrogen) atoms. The summed E-state index contributed by atoms with van der Waals surface area (Å²) in [7, 11) is -3.38. The highest BCUT2D eigenvalue weighted by Gasteiger charge is 2.25. The van der Waals surface area contributed by atoms with E-state index in [1.165, 1.54) is 21.0 Å². The molecule has 3 aromatic rings. The van der Waals surface area contributed by atoms with Gasteiger partial charge < -0.3 is 4.74 Å². The first kappa shape index (κ1) is 21.1. The number of carbonyl (C=O) groups is 2. The minimum atomic E-state index is -3.38. The number of nitrogens with zero attached hydrogens (tertiary/aromatic N) is 4. The summed E-state index contributed by atoms with van der Waals surface area (Å²) < 4.78 is 30.4. The van der Waals surface area contributed by atoms with E-state index in [4.69, 9.17) is 4.74 Å². The number of fused-ring (bicyclic) bond motifs is 1.